The molecule has 0 spiro atoms. The average Bonchev–Trinajstić information content (AvgIpc) is 3.29. The topological polar surface area (TPSA) is 66.0 Å². The van der Waals surface area contributed by atoms with Gasteiger partial charge in [0, 0.05) is 30.0 Å². The minimum absolute atomic E-state index is 0.101. The minimum atomic E-state index is -0.140. The Morgan fingerprint density at radius 2 is 1.93 bits per heavy atom. The van der Waals surface area contributed by atoms with Crippen LogP contribution in [0.1, 0.15) is 18.9 Å². The van der Waals surface area contributed by atoms with Crippen LogP contribution in [0.3, 0.4) is 0 Å². The fraction of sp³-hybridized carbons (Fsp3) is 0.318. The van der Waals surface area contributed by atoms with E-state index in [0.29, 0.717) is 10.6 Å². The number of nitrogens with zero attached hydrogens (tertiary/aromatic N) is 3. The van der Waals surface area contributed by atoms with Gasteiger partial charge in [0.15, 0.2) is 10.6 Å². The highest BCUT2D eigenvalue weighted by molar-refractivity contribution is 7.71. The van der Waals surface area contributed by atoms with Crippen LogP contribution < -0.4 is 10.2 Å². The molecule has 1 amide bonds. The summed E-state index contributed by atoms with van der Waals surface area (Å²) < 4.78 is 2.14. The molecule has 1 unspecified atom stereocenters. The maximum absolute atomic E-state index is 12.6. The largest absolute Gasteiger partial charge is 0.371 e. The zero-order chi connectivity index (χ0) is 20.4. The maximum Gasteiger partial charge on any atom is 0.244 e. The Morgan fingerprint density at radius 1 is 1.21 bits per heavy atom. The quantitative estimate of drug-likeness (QED) is 0.615. The number of anilines is 2. The lowest BCUT2D eigenvalue weighted by molar-refractivity contribution is -0.116. The number of nitrogens with one attached hydrogen (secondary N) is 2. The number of hydrogen-bond acceptors (Lipinski definition) is 4. The monoisotopic (exact) mass is 407 g/mol. The summed E-state index contributed by atoms with van der Waals surface area (Å²) in [5.41, 5.74) is 4.06. The number of hydrogen-bond donors (Lipinski definition) is 2. The van der Waals surface area contributed by atoms with Crippen molar-refractivity contribution in [3.8, 4) is 11.4 Å². The smallest absolute Gasteiger partial charge is 0.244 e. The van der Waals surface area contributed by atoms with Gasteiger partial charge in [0.2, 0.25) is 5.91 Å². The van der Waals surface area contributed by atoms with Gasteiger partial charge in [-0.1, -0.05) is 36.8 Å². The van der Waals surface area contributed by atoms with Crippen molar-refractivity contribution in [1.29, 1.82) is 0 Å². The van der Waals surface area contributed by atoms with E-state index >= 15 is 0 Å². The van der Waals surface area contributed by atoms with Crippen molar-refractivity contribution in [3.63, 3.8) is 0 Å². The molecule has 2 aromatic carbocycles. The second-order valence-corrected chi connectivity index (χ2v) is 8.13. The molecular weight excluding hydrogens is 382 g/mol. The van der Waals surface area contributed by atoms with Crippen LogP contribution in [0.25, 0.3) is 11.4 Å². The van der Waals surface area contributed by atoms with E-state index in [4.69, 9.17) is 12.2 Å². The molecule has 1 aliphatic rings. The molecule has 6 nitrogen and oxygen atoms in total. The fourth-order valence-corrected chi connectivity index (χ4v) is 3.85. The molecule has 4 rings (SSSR count). The molecule has 3 aromatic rings. The van der Waals surface area contributed by atoms with Crippen molar-refractivity contribution in [3.05, 3.63) is 58.9 Å². The van der Waals surface area contributed by atoms with E-state index in [1.54, 1.807) is 4.57 Å². The highest BCUT2D eigenvalue weighted by atomic mass is 32.1. The lowest BCUT2D eigenvalue weighted by atomic mass is 10.1. The minimum Gasteiger partial charge on any atom is -0.371 e. The lowest BCUT2D eigenvalue weighted by Crippen LogP contribution is -2.20. The average molecular weight is 408 g/mol. The molecule has 7 heteroatoms. The number of aryl methyl sites for hydroxylation is 1. The van der Waals surface area contributed by atoms with E-state index in [1.165, 1.54) is 17.7 Å². The van der Waals surface area contributed by atoms with E-state index in [9.17, 15) is 4.79 Å². The lowest BCUT2D eigenvalue weighted by Gasteiger charge is -2.18. The third-order valence-electron chi connectivity index (χ3n) is 5.31. The second-order valence-electron chi connectivity index (χ2n) is 7.74. The molecule has 0 bridgehead atoms. The third kappa shape index (κ3) is 4.40. The first-order valence-electron chi connectivity index (χ1n) is 9.87. The zero-order valence-electron chi connectivity index (χ0n) is 16.7. The van der Waals surface area contributed by atoms with Crippen molar-refractivity contribution in [2.75, 3.05) is 23.3 Å². The highest BCUT2D eigenvalue weighted by Crippen LogP contribution is 2.25. The van der Waals surface area contributed by atoms with Gasteiger partial charge in [-0.2, -0.15) is 5.10 Å². The molecule has 1 atom stereocenters. The van der Waals surface area contributed by atoms with E-state index in [1.807, 2.05) is 43.3 Å². The first-order chi connectivity index (χ1) is 14.0. The van der Waals surface area contributed by atoms with Gasteiger partial charge < -0.3 is 10.2 Å². The van der Waals surface area contributed by atoms with Gasteiger partial charge in [-0.15, -0.1) is 0 Å². The summed E-state index contributed by atoms with van der Waals surface area (Å²) in [6, 6.07) is 16.0. The summed E-state index contributed by atoms with van der Waals surface area (Å²) in [6.07, 6.45) is 1.23. The number of carbonyl (C=O) groups excluding carboxylic acids is 1. The Bertz CT molecular complexity index is 1050. The number of aromatic nitrogens is 3. The number of aromatic amines is 1. The van der Waals surface area contributed by atoms with Crippen molar-refractivity contribution < 1.29 is 4.79 Å². The standard InChI is InChI=1S/C22H25N5OS/c1-15-3-5-17(6-4-15)21-24-25-22(29)27(21)14-20(28)23-18-7-9-19(10-8-18)26-12-11-16(2)13-26/h3-10,16H,11-14H2,1-2H3,(H,23,28)(H,25,29). The number of carbonyl (C=O) groups is 1. The van der Waals surface area contributed by atoms with Gasteiger partial charge >= 0.3 is 0 Å². The Hall–Kier alpha value is -2.93. The number of H-pyrrole nitrogens is 1. The second kappa shape index (κ2) is 8.21. The third-order valence-corrected chi connectivity index (χ3v) is 5.62. The van der Waals surface area contributed by atoms with Crippen molar-refractivity contribution >= 4 is 29.5 Å². The fourth-order valence-electron chi connectivity index (χ4n) is 3.66. The molecular formula is C22H25N5OS. The molecule has 1 aliphatic heterocycles. The predicted molar refractivity (Wildman–Crippen MR) is 119 cm³/mol. The van der Waals surface area contributed by atoms with Gasteiger partial charge in [-0.05, 0) is 55.7 Å². The molecule has 2 N–H and O–H groups in total. The Labute approximate surface area is 175 Å². The molecule has 0 saturated carbocycles. The van der Waals surface area contributed by atoms with E-state index in [2.05, 4.69) is 39.5 Å². The first-order valence-corrected chi connectivity index (χ1v) is 10.3. The Kier molecular flexibility index (Phi) is 5.49. The van der Waals surface area contributed by atoms with Crippen LogP contribution in [0.5, 0.6) is 0 Å². The molecule has 2 heterocycles. The van der Waals surface area contributed by atoms with Gasteiger partial charge in [-0.25, -0.2) is 0 Å². The van der Waals surface area contributed by atoms with Crippen molar-refractivity contribution in [1.82, 2.24) is 14.8 Å². The van der Waals surface area contributed by atoms with Crippen LogP contribution in [-0.4, -0.2) is 33.8 Å². The molecule has 1 aromatic heterocycles. The van der Waals surface area contributed by atoms with Crippen LogP contribution in [-0.2, 0) is 11.3 Å². The van der Waals surface area contributed by atoms with Crippen molar-refractivity contribution in [2.24, 2.45) is 5.92 Å². The predicted octanol–water partition coefficient (Wildman–Crippen LogP) is 4.40. The molecule has 0 aliphatic carbocycles. The van der Waals surface area contributed by atoms with Crippen LogP contribution >= 0.6 is 12.2 Å². The summed E-state index contributed by atoms with van der Waals surface area (Å²) >= 11 is 5.33. The summed E-state index contributed by atoms with van der Waals surface area (Å²) in [6.45, 7) is 6.59. The van der Waals surface area contributed by atoms with E-state index < -0.39 is 0 Å². The highest BCUT2D eigenvalue weighted by Gasteiger charge is 2.19. The normalized spacial score (nSPS) is 16.2. The summed E-state index contributed by atoms with van der Waals surface area (Å²) in [5, 5.41) is 10.0. The van der Waals surface area contributed by atoms with Gasteiger partial charge in [0.25, 0.3) is 0 Å². The molecule has 150 valence electrons. The van der Waals surface area contributed by atoms with Crippen LogP contribution in [0.2, 0.25) is 0 Å². The van der Waals surface area contributed by atoms with Gasteiger partial charge in [0.05, 0.1) is 0 Å². The van der Waals surface area contributed by atoms with Gasteiger partial charge in [-0.3, -0.25) is 14.5 Å². The van der Waals surface area contributed by atoms with Gasteiger partial charge in [0.1, 0.15) is 6.54 Å². The van der Waals surface area contributed by atoms with E-state index in [0.717, 1.165) is 30.3 Å². The molecule has 1 saturated heterocycles. The first kappa shape index (κ1) is 19.4. The number of amides is 1. The summed E-state index contributed by atoms with van der Waals surface area (Å²) in [7, 11) is 0. The van der Waals surface area contributed by atoms with Crippen LogP contribution in [0, 0.1) is 17.6 Å². The van der Waals surface area contributed by atoms with Crippen LogP contribution in [0.15, 0.2) is 48.5 Å². The Balaban J connectivity index is 1.44. The SMILES string of the molecule is Cc1ccc(-c2n[nH]c(=S)n2CC(=O)Nc2ccc(N3CCC(C)C3)cc2)cc1. The summed E-state index contributed by atoms with van der Waals surface area (Å²) in [5.74, 6) is 1.25. The van der Waals surface area contributed by atoms with Crippen molar-refractivity contribution in [2.45, 2.75) is 26.8 Å². The summed E-state index contributed by atoms with van der Waals surface area (Å²) in [4.78, 5) is 15.0. The number of rotatable bonds is 5. The maximum atomic E-state index is 12.6. The number of benzene rings is 2. The Morgan fingerprint density at radius 3 is 2.59 bits per heavy atom. The van der Waals surface area contributed by atoms with Crippen LogP contribution in [0.4, 0.5) is 11.4 Å². The van der Waals surface area contributed by atoms with E-state index in [-0.39, 0.29) is 12.5 Å². The molecule has 1 fully saturated rings. The molecule has 0 radical (unpaired) electrons. The zero-order valence-corrected chi connectivity index (χ0v) is 17.5. The molecule has 29 heavy (non-hydrogen) atoms.